The van der Waals surface area contributed by atoms with Crippen LogP contribution >= 0.6 is 0 Å². The van der Waals surface area contributed by atoms with Crippen LogP contribution in [-0.4, -0.2) is 54.5 Å². The number of para-hydroxylation sites is 1. The maximum Gasteiger partial charge on any atom is 0.387 e. The van der Waals surface area contributed by atoms with E-state index in [1.807, 2.05) is 0 Å². The molecule has 6 nitrogen and oxygen atoms in total. The molecule has 8 heteroatoms. The van der Waals surface area contributed by atoms with Crippen LogP contribution in [-0.2, 0) is 4.79 Å². The lowest BCUT2D eigenvalue weighted by Gasteiger charge is -2.19. The fourth-order valence-corrected chi connectivity index (χ4v) is 2.45. The van der Waals surface area contributed by atoms with Gasteiger partial charge in [0, 0.05) is 37.8 Å². The van der Waals surface area contributed by atoms with E-state index >= 15 is 0 Å². The molecular formula is C16H19F2N3O3. The Kier molecular flexibility index (Phi) is 6.11. The zero-order valence-electron chi connectivity index (χ0n) is 13.0. The van der Waals surface area contributed by atoms with Gasteiger partial charge in [0.2, 0.25) is 5.91 Å². The first-order valence-electron chi connectivity index (χ1n) is 7.52. The molecule has 24 heavy (non-hydrogen) atoms. The van der Waals surface area contributed by atoms with E-state index in [9.17, 15) is 18.4 Å². The summed E-state index contributed by atoms with van der Waals surface area (Å²) in [7, 11) is 0. The molecule has 1 aliphatic heterocycles. The average Bonchev–Trinajstić information content (AvgIpc) is 2.79. The van der Waals surface area contributed by atoms with Crippen LogP contribution in [0.25, 0.3) is 6.08 Å². The quantitative estimate of drug-likeness (QED) is 0.852. The van der Waals surface area contributed by atoms with Gasteiger partial charge in [-0.25, -0.2) is 4.79 Å². The first kappa shape index (κ1) is 17.7. The van der Waals surface area contributed by atoms with Crippen molar-refractivity contribution in [2.45, 2.75) is 13.0 Å². The van der Waals surface area contributed by atoms with Gasteiger partial charge in [-0.15, -0.1) is 0 Å². The van der Waals surface area contributed by atoms with Crippen LogP contribution in [0.3, 0.4) is 0 Å². The molecule has 1 aromatic rings. The highest BCUT2D eigenvalue weighted by Crippen LogP contribution is 2.21. The van der Waals surface area contributed by atoms with Crippen LogP contribution in [0.15, 0.2) is 30.3 Å². The van der Waals surface area contributed by atoms with Gasteiger partial charge in [-0.3, -0.25) is 4.79 Å². The lowest BCUT2D eigenvalue weighted by Crippen LogP contribution is -2.39. The van der Waals surface area contributed by atoms with Gasteiger partial charge in [0.05, 0.1) is 0 Å². The molecule has 2 N–H and O–H groups in total. The normalized spacial score (nSPS) is 15.6. The van der Waals surface area contributed by atoms with E-state index in [0.717, 1.165) is 0 Å². The van der Waals surface area contributed by atoms with Crippen LogP contribution in [0.4, 0.5) is 13.6 Å². The summed E-state index contributed by atoms with van der Waals surface area (Å²) < 4.78 is 29.2. The minimum Gasteiger partial charge on any atom is -0.434 e. The molecule has 2 rings (SSSR count). The topological polar surface area (TPSA) is 75.9 Å². The molecule has 0 spiro atoms. The van der Waals surface area contributed by atoms with Crippen LogP contribution in [0, 0.1) is 0 Å². The van der Waals surface area contributed by atoms with E-state index in [2.05, 4.69) is 4.74 Å². The predicted octanol–water partition coefficient (Wildman–Crippen LogP) is 1.91. The van der Waals surface area contributed by atoms with E-state index in [0.29, 0.717) is 38.2 Å². The maximum atomic E-state index is 12.4. The highest BCUT2D eigenvalue weighted by atomic mass is 19.3. The molecule has 1 aliphatic rings. The summed E-state index contributed by atoms with van der Waals surface area (Å²) in [5.74, 6) is -0.250. The largest absolute Gasteiger partial charge is 0.434 e. The van der Waals surface area contributed by atoms with Crippen LogP contribution in [0.5, 0.6) is 5.75 Å². The summed E-state index contributed by atoms with van der Waals surface area (Å²) in [4.78, 5) is 26.5. The number of carbonyl (C=O) groups is 2. The van der Waals surface area contributed by atoms with E-state index < -0.39 is 12.6 Å². The lowest BCUT2D eigenvalue weighted by molar-refractivity contribution is -0.125. The first-order chi connectivity index (χ1) is 11.5. The molecule has 0 radical (unpaired) electrons. The summed E-state index contributed by atoms with van der Waals surface area (Å²) in [5.41, 5.74) is 5.63. The van der Waals surface area contributed by atoms with Crippen molar-refractivity contribution < 1.29 is 23.1 Å². The summed E-state index contributed by atoms with van der Waals surface area (Å²) in [6, 6.07) is 5.73. The molecule has 130 valence electrons. The van der Waals surface area contributed by atoms with Gasteiger partial charge in [-0.2, -0.15) is 8.78 Å². The number of nitrogens with two attached hydrogens (primary N) is 1. The second kappa shape index (κ2) is 8.28. The van der Waals surface area contributed by atoms with Crippen LogP contribution < -0.4 is 10.5 Å². The summed E-state index contributed by atoms with van der Waals surface area (Å²) in [6.45, 7) is -1.17. The molecule has 3 amide bonds. The Labute approximate surface area is 138 Å². The number of primary amides is 1. The average molecular weight is 339 g/mol. The summed E-state index contributed by atoms with van der Waals surface area (Å²) in [5, 5.41) is 0. The van der Waals surface area contributed by atoms with Crippen LogP contribution in [0.1, 0.15) is 12.0 Å². The van der Waals surface area contributed by atoms with Crippen molar-refractivity contribution in [2.24, 2.45) is 5.73 Å². The third kappa shape index (κ3) is 4.94. The minimum atomic E-state index is -2.93. The van der Waals surface area contributed by atoms with Crippen molar-refractivity contribution in [1.29, 1.82) is 0 Å². The Balaban J connectivity index is 2.01. The third-order valence-corrected chi connectivity index (χ3v) is 3.66. The number of alkyl halides is 2. The van der Waals surface area contributed by atoms with Gasteiger partial charge < -0.3 is 20.3 Å². The van der Waals surface area contributed by atoms with Crippen molar-refractivity contribution >= 4 is 18.0 Å². The van der Waals surface area contributed by atoms with Gasteiger partial charge in [-0.1, -0.05) is 18.2 Å². The number of hydrogen-bond acceptors (Lipinski definition) is 3. The molecule has 1 heterocycles. The van der Waals surface area contributed by atoms with E-state index in [1.54, 1.807) is 23.1 Å². The minimum absolute atomic E-state index is 0.00678. The molecule has 0 bridgehead atoms. The Bertz CT molecular complexity index is 622. The number of hydrogen-bond donors (Lipinski definition) is 1. The fraction of sp³-hybridized carbons (Fsp3) is 0.375. The molecule has 1 fully saturated rings. The fourth-order valence-electron chi connectivity index (χ4n) is 2.45. The van der Waals surface area contributed by atoms with Gasteiger partial charge in [-0.05, 0) is 18.6 Å². The monoisotopic (exact) mass is 339 g/mol. The van der Waals surface area contributed by atoms with Crippen molar-refractivity contribution in [3.8, 4) is 5.75 Å². The molecule has 0 saturated carbocycles. The zero-order valence-corrected chi connectivity index (χ0v) is 13.0. The van der Waals surface area contributed by atoms with Crippen molar-refractivity contribution in [3.05, 3.63) is 35.9 Å². The van der Waals surface area contributed by atoms with E-state index in [4.69, 9.17) is 5.73 Å². The summed E-state index contributed by atoms with van der Waals surface area (Å²) >= 11 is 0. The standard InChI is InChI=1S/C16H19F2N3O3/c17-15(18)24-13-5-2-1-4-12(13)6-7-14(22)20-8-3-9-21(11-10-20)16(19)23/h1-2,4-7,15H,3,8-11H2,(H2,19,23). The Morgan fingerprint density at radius 3 is 2.50 bits per heavy atom. The number of urea groups is 1. The molecule has 1 saturated heterocycles. The molecule has 1 aromatic carbocycles. The Morgan fingerprint density at radius 2 is 1.79 bits per heavy atom. The molecule has 0 aromatic heterocycles. The maximum absolute atomic E-state index is 12.4. The van der Waals surface area contributed by atoms with Crippen molar-refractivity contribution in [3.63, 3.8) is 0 Å². The van der Waals surface area contributed by atoms with Crippen molar-refractivity contribution in [2.75, 3.05) is 26.2 Å². The lowest BCUT2D eigenvalue weighted by atomic mass is 10.2. The molecule has 0 atom stereocenters. The number of amides is 3. The van der Waals surface area contributed by atoms with E-state index in [1.165, 1.54) is 23.1 Å². The zero-order chi connectivity index (χ0) is 17.5. The highest BCUT2D eigenvalue weighted by Gasteiger charge is 2.19. The Morgan fingerprint density at radius 1 is 1.12 bits per heavy atom. The molecular weight excluding hydrogens is 320 g/mol. The Hall–Kier alpha value is -2.64. The SMILES string of the molecule is NC(=O)N1CCCN(C(=O)C=Cc2ccccc2OC(F)F)CC1. The van der Waals surface area contributed by atoms with Gasteiger partial charge in [0.1, 0.15) is 5.75 Å². The van der Waals surface area contributed by atoms with Gasteiger partial charge in [0.15, 0.2) is 0 Å². The molecule has 0 aliphatic carbocycles. The third-order valence-electron chi connectivity index (χ3n) is 3.66. The number of halogens is 2. The number of nitrogens with zero attached hydrogens (tertiary/aromatic N) is 2. The number of rotatable bonds is 4. The number of carbonyl (C=O) groups excluding carboxylic acids is 2. The van der Waals surface area contributed by atoms with Gasteiger partial charge >= 0.3 is 12.6 Å². The van der Waals surface area contributed by atoms with Crippen LogP contribution in [0.2, 0.25) is 0 Å². The number of benzene rings is 1. The summed E-state index contributed by atoms with van der Waals surface area (Å²) in [6.07, 6.45) is 3.39. The highest BCUT2D eigenvalue weighted by molar-refractivity contribution is 5.92. The predicted molar refractivity (Wildman–Crippen MR) is 84.5 cm³/mol. The smallest absolute Gasteiger partial charge is 0.387 e. The van der Waals surface area contributed by atoms with E-state index in [-0.39, 0.29) is 11.7 Å². The second-order valence-corrected chi connectivity index (χ2v) is 5.25. The number of ether oxygens (including phenoxy) is 1. The first-order valence-corrected chi connectivity index (χ1v) is 7.52. The van der Waals surface area contributed by atoms with Crippen molar-refractivity contribution in [1.82, 2.24) is 9.80 Å². The second-order valence-electron chi connectivity index (χ2n) is 5.25. The molecule has 0 unspecified atom stereocenters. The van der Waals surface area contributed by atoms with Gasteiger partial charge in [0.25, 0.3) is 0 Å².